The summed E-state index contributed by atoms with van der Waals surface area (Å²) < 4.78 is 6.57. The summed E-state index contributed by atoms with van der Waals surface area (Å²) in [4.78, 5) is 28.9. The van der Waals surface area contributed by atoms with E-state index in [9.17, 15) is 20.0 Å². The van der Waals surface area contributed by atoms with Crippen molar-refractivity contribution in [2.24, 2.45) is 5.73 Å². The smallest absolute Gasteiger partial charge is 0.407 e. The molecule has 0 bridgehead atoms. The monoisotopic (exact) mass is 450 g/mol. The summed E-state index contributed by atoms with van der Waals surface area (Å²) in [6.45, 7) is 2.24. The van der Waals surface area contributed by atoms with Crippen molar-refractivity contribution in [3.05, 3.63) is 41.9 Å². The highest BCUT2D eigenvalue weighted by atomic mass is 16.5. The van der Waals surface area contributed by atoms with Crippen molar-refractivity contribution in [1.82, 2.24) is 24.8 Å². The van der Waals surface area contributed by atoms with Crippen molar-refractivity contribution in [3.63, 3.8) is 0 Å². The Kier molecular flexibility index (Phi) is 5.70. The molecule has 0 atom stereocenters. The lowest BCUT2D eigenvalue weighted by Crippen LogP contribution is -2.47. The maximum atomic E-state index is 12.1. The fourth-order valence-corrected chi connectivity index (χ4v) is 3.89. The Morgan fingerprint density at radius 2 is 2.00 bits per heavy atom. The van der Waals surface area contributed by atoms with Gasteiger partial charge in [-0.15, -0.1) is 0 Å². The van der Waals surface area contributed by atoms with Crippen LogP contribution in [0, 0.1) is 18.3 Å². The summed E-state index contributed by atoms with van der Waals surface area (Å²) in [5, 5.41) is 30.2. The molecule has 3 heterocycles. The number of aryl methyl sites for hydroxylation is 1. The number of aromatic nitrogens is 4. The third-order valence-corrected chi connectivity index (χ3v) is 5.77. The van der Waals surface area contributed by atoms with Gasteiger partial charge in [0.2, 0.25) is 11.7 Å². The van der Waals surface area contributed by atoms with Crippen LogP contribution < -0.4 is 11.1 Å². The van der Waals surface area contributed by atoms with Gasteiger partial charge >= 0.3 is 6.09 Å². The zero-order chi connectivity index (χ0) is 23.6. The molecule has 0 spiro atoms. The molecular formula is C21H22N8O4. The molecule has 33 heavy (non-hydrogen) atoms. The number of amides is 2. The lowest BCUT2D eigenvalue weighted by molar-refractivity contribution is 0.0888. The average Bonchev–Trinajstić information content (AvgIpc) is 3.42. The van der Waals surface area contributed by atoms with E-state index in [1.54, 1.807) is 35.9 Å². The van der Waals surface area contributed by atoms with E-state index in [0.717, 1.165) is 5.56 Å². The molecule has 1 aliphatic heterocycles. The van der Waals surface area contributed by atoms with Gasteiger partial charge in [0.15, 0.2) is 5.82 Å². The summed E-state index contributed by atoms with van der Waals surface area (Å²) in [7, 11) is 0. The molecule has 1 fully saturated rings. The summed E-state index contributed by atoms with van der Waals surface area (Å²) in [5.41, 5.74) is 6.44. The second-order valence-corrected chi connectivity index (χ2v) is 7.87. The number of benzene rings is 1. The van der Waals surface area contributed by atoms with E-state index in [2.05, 4.69) is 26.6 Å². The first kappa shape index (κ1) is 21.8. The predicted molar refractivity (Wildman–Crippen MR) is 116 cm³/mol. The van der Waals surface area contributed by atoms with Gasteiger partial charge in [0.25, 0.3) is 5.91 Å². The van der Waals surface area contributed by atoms with Crippen LogP contribution in [-0.4, -0.2) is 55.0 Å². The van der Waals surface area contributed by atoms with Crippen molar-refractivity contribution in [1.29, 1.82) is 5.26 Å². The number of carbonyl (C=O) groups is 2. The third-order valence-electron chi connectivity index (χ3n) is 5.77. The van der Waals surface area contributed by atoms with Gasteiger partial charge in [-0.05, 0) is 37.1 Å². The highest BCUT2D eigenvalue weighted by molar-refractivity contribution is 5.98. The van der Waals surface area contributed by atoms with Gasteiger partial charge in [0.1, 0.15) is 5.56 Å². The lowest BCUT2D eigenvalue weighted by atomic mass is 9.85. The Labute approximate surface area is 188 Å². The zero-order valence-electron chi connectivity index (χ0n) is 17.9. The first-order valence-corrected chi connectivity index (χ1v) is 10.2. The van der Waals surface area contributed by atoms with Crippen LogP contribution in [0.1, 0.15) is 35.5 Å². The standard InChI is InChI=1S/C21H22N8O4/c1-13-24-18(27-33-13)14-2-4-15(5-3-14)25-19-16(17(23)30)12-29(26-19)21(6-9-22)7-10-28(11-8-21)20(31)32/h2-5,12H,6-8,10-11H2,1H3,(H2,23,30)(H,25,26)(H,31,32). The maximum Gasteiger partial charge on any atom is 0.407 e. The van der Waals surface area contributed by atoms with Gasteiger partial charge < -0.3 is 25.6 Å². The molecule has 1 aliphatic rings. The summed E-state index contributed by atoms with van der Waals surface area (Å²) in [6.07, 6.45) is 1.43. The van der Waals surface area contributed by atoms with E-state index in [4.69, 9.17) is 10.3 Å². The fraction of sp³-hybridized carbons (Fsp3) is 0.333. The van der Waals surface area contributed by atoms with Gasteiger partial charge in [-0.3, -0.25) is 9.48 Å². The Hall–Kier alpha value is -4.40. The summed E-state index contributed by atoms with van der Waals surface area (Å²) in [6, 6.07) is 9.32. The Bertz CT molecular complexity index is 1220. The second kappa shape index (κ2) is 8.62. The Balaban J connectivity index is 1.60. The lowest BCUT2D eigenvalue weighted by Gasteiger charge is -2.39. The van der Waals surface area contributed by atoms with Crippen LogP contribution in [0.2, 0.25) is 0 Å². The molecule has 4 rings (SSSR count). The van der Waals surface area contributed by atoms with E-state index in [1.807, 2.05) is 0 Å². The number of nitrogens with two attached hydrogens (primary N) is 1. The molecule has 1 saturated heterocycles. The van der Waals surface area contributed by atoms with Crippen molar-refractivity contribution < 1.29 is 19.2 Å². The molecule has 170 valence electrons. The molecule has 0 aliphatic carbocycles. The molecule has 0 saturated carbocycles. The molecule has 2 aromatic heterocycles. The third kappa shape index (κ3) is 4.33. The highest BCUT2D eigenvalue weighted by Gasteiger charge is 2.39. The van der Waals surface area contributed by atoms with Gasteiger partial charge in [-0.25, -0.2) is 4.79 Å². The number of nitriles is 1. The van der Waals surface area contributed by atoms with E-state index < -0.39 is 17.5 Å². The number of likely N-dealkylation sites (tertiary alicyclic amines) is 1. The molecule has 1 aromatic carbocycles. The Morgan fingerprint density at radius 1 is 1.30 bits per heavy atom. The number of piperidine rings is 1. The highest BCUT2D eigenvalue weighted by Crippen LogP contribution is 2.35. The normalized spacial score (nSPS) is 15.1. The van der Waals surface area contributed by atoms with Crippen molar-refractivity contribution >= 4 is 23.5 Å². The molecular weight excluding hydrogens is 428 g/mol. The number of rotatable bonds is 6. The number of hydrogen-bond donors (Lipinski definition) is 3. The number of anilines is 2. The van der Waals surface area contributed by atoms with Crippen LogP contribution in [-0.2, 0) is 5.54 Å². The minimum absolute atomic E-state index is 0.124. The maximum absolute atomic E-state index is 12.1. The van der Waals surface area contributed by atoms with Gasteiger partial charge in [-0.2, -0.15) is 15.3 Å². The van der Waals surface area contributed by atoms with Crippen LogP contribution in [0.25, 0.3) is 11.4 Å². The second-order valence-electron chi connectivity index (χ2n) is 7.87. The number of hydrogen-bond acceptors (Lipinski definition) is 8. The van der Waals surface area contributed by atoms with E-state index in [1.165, 1.54) is 11.1 Å². The summed E-state index contributed by atoms with van der Waals surface area (Å²) in [5.74, 6) is 0.512. The minimum atomic E-state index is -0.999. The van der Waals surface area contributed by atoms with Gasteiger partial charge in [0, 0.05) is 37.5 Å². The molecule has 0 unspecified atom stereocenters. The van der Waals surface area contributed by atoms with E-state index in [-0.39, 0.29) is 30.9 Å². The molecule has 12 nitrogen and oxygen atoms in total. The zero-order valence-corrected chi connectivity index (χ0v) is 17.9. The molecule has 4 N–H and O–H groups in total. The first-order chi connectivity index (χ1) is 15.8. The van der Waals surface area contributed by atoms with E-state index >= 15 is 0 Å². The molecule has 3 aromatic rings. The first-order valence-electron chi connectivity index (χ1n) is 10.2. The molecule has 0 radical (unpaired) electrons. The van der Waals surface area contributed by atoms with Crippen LogP contribution >= 0.6 is 0 Å². The topological polar surface area (TPSA) is 176 Å². The van der Waals surface area contributed by atoms with Crippen LogP contribution in [0.5, 0.6) is 0 Å². The molecule has 2 amide bonds. The predicted octanol–water partition coefficient (Wildman–Crippen LogP) is 2.47. The number of nitrogens with zero attached hydrogens (tertiary/aromatic N) is 6. The minimum Gasteiger partial charge on any atom is -0.465 e. The SMILES string of the molecule is Cc1nc(-c2ccc(Nc3nn(C4(CC#N)CCN(C(=O)O)CC4)cc3C(N)=O)cc2)no1. The number of primary amides is 1. The fourth-order valence-electron chi connectivity index (χ4n) is 3.89. The quantitative estimate of drug-likeness (QED) is 0.509. The number of nitrogens with one attached hydrogen (secondary N) is 1. The average molecular weight is 450 g/mol. The van der Waals surface area contributed by atoms with Gasteiger partial charge in [0.05, 0.1) is 18.0 Å². The van der Waals surface area contributed by atoms with Gasteiger partial charge in [-0.1, -0.05) is 5.16 Å². The number of carbonyl (C=O) groups excluding carboxylic acids is 1. The van der Waals surface area contributed by atoms with Crippen LogP contribution in [0.4, 0.5) is 16.3 Å². The molecule has 12 heteroatoms. The number of carboxylic acid groups (broad SMARTS) is 1. The van der Waals surface area contributed by atoms with Crippen molar-refractivity contribution in [2.45, 2.75) is 31.7 Å². The van der Waals surface area contributed by atoms with E-state index in [0.29, 0.717) is 30.2 Å². The summed E-state index contributed by atoms with van der Waals surface area (Å²) >= 11 is 0. The van der Waals surface area contributed by atoms with Crippen LogP contribution in [0.15, 0.2) is 35.0 Å². The van der Waals surface area contributed by atoms with Crippen molar-refractivity contribution in [2.75, 3.05) is 18.4 Å². The largest absolute Gasteiger partial charge is 0.465 e. The van der Waals surface area contributed by atoms with Crippen LogP contribution in [0.3, 0.4) is 0 Å². The Morgan fingerprint density at radius 3 is 2.55 bits per heavy atom. The van der Waals surface area contributed by atoms with Crippen molar-refractivity contribution in [3.8, 4) is 17.5 Å².